The first-order chi connectivity index (χ1) is 11.6. The second-order valence-electron chi connectivity index (χ2n) is 6.65. The number of likely N-dealkylation sites (tertiary alicyclic amines) is 1. The normalized spacial score (nSPS) is 23.2. The molecule has 140 valence electrons. The second kappa shape index (κ2) is 8.92. The summed E-state index contributed by atoms with van der Waals surface area (Å²) in [6.45, 7) is 2.66. The molecule has 3 rings (SSSR count). The number of halogens is 3. The zero-order valence-corrected chi connectivity index (χ0v) is 14.9. The Labute approximate surface area is 153 Å². The minimum absolute atomic E-state index is 0. The zero-order chi connectivity index (χ0) is 17.1. The molecule has 1 aliphatic heterocycles. The summed E-state index contributed by atoms with van der Waals surface area (Å²) in [7, 11) is 0. The number of carbonyl (C=O) groups is 1. The van der Waals surface area contributed by atoms with E-state index in [-0.39, 0.29) is 36.3 Å². The third-order valence-electron chi connectivity index (χ3n) is 4.93. The van der Waals surface area contributed by atoms with Gasteiger partial charge in [-0.25, -0.2) is 8.78 Å². The smallest absolute Gasteiger partial charge is 0.226 e. The van der Waals surface area contributed by atoms with E-state index in [1.165, 1.54) is 12.1 Å². The van der Waals surface area contributed by atoms with Crippen LogP contribution in [0.5, 0.6) is 0 Å². The van der Waals surface area contributed by atoms with Crippen molar-refractivity contribution in [1.29, 1.82) is 0 Å². The fourth-order valence-electron chi connectivity index (χ4n) is 3.42. The van der Waals surface area contributed by atoms with Crippen LogP contribution in [0.25, 0.3) is 0 Å². The lowest BCUT2D eigenvalue weighted by atomic mass is 10.1. The molecule has 0 bridgehead atoms. The molecule has 2 aliphatic rings. The van der Waals surface area contributed by atoms with Crippen LogP contribution in [0.2, 0.25) is 0 Å². The third kappa shape index (κ3) is 4.90. The monoisotopic (exact) mass is 374 g/mol. The van der Waals surface area contributed by atoms with Gasteiger partial charge in [-0.05, 0) is 49.8 Å². The number of rotatable bonds is 6. The maximum Gasteiger partial charge on any atom is 0.226 e. The fourth-order valence-corrected chi connectivity index (χ4v) is 3.42. The molecule has 7 heteroatoms. The number of carbonyl (C=O) groups excluding carboxylic acids is 1. The number of ether oxygens (including phenoxy) is 1. The summed E-state index contributed by atoms with van der Waals surface area (Å²) >= 11 is 0. The summed E-state index contributed by atoms with van der Waals surface area (Å²) in [6.07, 6.45) is 3.36. The highest BCUT2D eigenvalue weighted by molar-refractivity contribution is 5.85. The Hall–Kier alpha value is -1.24. The molecule has 4 nitrogen and oxygen atoms in total. The number of piperidine rings is 1. The van der Waals surface area contributed by atoms with Crippen LogP contribution in [0, 0.1) is 17.6 Å². The highest BCUT2D eigenvalue weighted by Crippen LogP contribution is 2.49. The van der Waals surface area contributed by atoms with Crippen LogP contribution in [0.15, 0.2) is 18.2 Å². The molecule has 0 spiro atoms. The number of hydrogen-bond acceptors (Lipinski definition) is 3. The molecular weight excluding hydrogens is 350 g/mol. The summed E-state index contributed by atoms with van der Waals surface area (Å²) in [5, 5.41) is 0. The van der Waals surface area contributed by atoms with Gasteiger partial charge in [0.25, 0.3) is 0 Å². The van der Waals surface area contributed by atoms with Crippen molar-refractivity contribution < 1.29 is 18.3 Å². The average Bonchev–Trinajstić information content (AvgIpc) is 3.35. The van der Waals surface area contributed by atoms with Crippen molar-refractivity contribution in [2.45, 2.75) is 37.7 Å². The molecule has 1 amide bonds. The molecule has 1 saturated heterocycles. The summed E-state index contributed by atoms with van der Waals surface area (Å²) in [5.41, 5.74) is 5.90. The van der Waals surface area contributed by atoms with E-state index in [4.69, 9.17) is 10.5 Å². The topological polar surface area (TPSA) is 55.6 Å². The summed E-state index contributed by atoms with van der Waals surface area (Å²) in [6, 6.07) is 3.60. The molecule has 0 radical (unpaired) electrons. The van der Waals surface area contributed by atoms with Crippen molar-refractivity contribution >= 4 is 18.3 Å². The lowest BCUT2D eigenvalue weighted by Gasteiger charge is -2.32. The highest BCUT2D eigenvalue weighted by atomic mass is 35.5. The zero-order valence-electron chi connectivity index (χ0n) is 14.1. The number of hydrogen-bond donors (Lipinski definition) is 1. The standard InChI is InChI=1S/C18H24F2N2O2.ClH/c19-12-2-3-14(17(20)10-12)15-11-16(15)18(23)22-7-4-13(5-8-22)24-9-1-6-21;/h2-3,10,13,15-16H,1,4-9,11,21H2;1H. The predicted molar refractivity (Wildman–Crippen MR) is 93.7 cm³/mol. The van der Waals surface area contributed by atoms with Gasteiger partial charge in [0.15, 0.2) is 0 Å². The van der Waals surface area contributed by atoms with Crippen molar-refractivity contribution in [3.05, 3.63) is 35.4 Å². The Morgan fingerprint density at radius 2 is 2.00 bits per heavy atom. The van der Waals surface area contributed by atoms with E-state index < -0.39 is 11.6 Å². The molecule has 1 heterocycles. The van der Waals surface area contributed by atoms with Crippen molar-refractivity contribution in [3.63, 3.8) is 0 Å². The Morgan fingerprint density at radius 3 is 2.64 bits per heavy atom. The van der Waals surface area contributed by atoms with Gasteiger partial charge in [-0.1, -0.05) is 6.07 Å². The average molecular weight is 375 g/mol. The van der Waals surface area contributed by atoms with E-state index in [9.17, 15) is 13.6 Å². The molecule has 0 aromatic heterocycles. The van der Waals surface area contributed by atoms with Gasteiger partial charge in [0, 0.05) is 31.7 Å². The van der Waals surface area contributed by atoms with Crippen molar-refractivity contribution in [1.82, 2.24) is 4.90 Å². The largest absolute Gasteiger partial charge is 0.378 e. The first-order valence-corrected chi connectivity index (χ1v) is 8.65. The first kappa shape index (κ1) is 20.1. The maximum absolute atomic E-state index is 13.8. The molecule has 2 atom stereocenters. The lowest BCUT2D eigenvalue weighted by Crippen LogP contribution is -2.42. The molecular formula is C18H25ClF2N2O2. The Kier molecular flexibility index (Phi) is 7.16. The van der Waals surface area contributed by atoms with Gasteiger partial charge in [-0.15, -0.1) is 12.4 Å². The van der Waals surface area contributed by atoms with E-state index in [1.807, 2.05) is 4.90 Å². The highest BCUT2D eigenvalue weighted by Gasteiger charge is 2.47. The number of nitrogens with two attached hydrogens (primary N) is 1. The fraction of sp³-hybridized carbons (Fsp3) is 0.611. The molecule has 2 fully saturated rings. The summed E-state index contributed by atoms with van der Waals surface area (Å²) in [4.78, 5) is 14.4. The van der Waals surface area contributed by atoms with Crippen LogP contribution >= 0.6 is 12.4 Å². The summed E-state index contributed by atoms with van der Waals surface area (Å²) in [5.74, 6) is -1.33. The third-order valence-corrected chi connectivity index (χ3v) is 4.93. The molecule has 2 N–H and O–H groups in total. The van der Waals surface area contributed by atoms with Gasteiger partial charge >= 0.3 is 0 Å². The van der Waals surface area contributed by atoms with E-state index in [0.29, 0.717) is 38.2 Å². The summed E-state index contributed by atoms with van der Waals surface area (Å²) < 4.78 is 32.6. The first-order valence-electron chi connectivity index (χ1n) is 8.65. The van der Waals surface area contributed by atoms with Crippen LogP contribution in [0.3, 0.4) is 0 Å². The Morgan fingerprint density at radius 1 is 1.28 bits per heavy atom. The van der Waals surface area contributed by atoms with Crippen LogP contribution in [-0.4, -0.2) is 43.2 Å². The SMILES string of the molecule is Cl.NCCCOC1CCN(C(=O)C2CC2c2ccc(F)cc2F)CC1. The molecule has 1 aromatic rings. The molecule has 1 aromatic carbocycles. The van der Waals surface area contributed by atoms with Crippen LogP contribution < -0.4 is 5.73 Å². The minimum Gasteiger partial charge on any atom is -0.378 e. The second-order valence-corrected chi connectivity index (χ2v) is 6.65. The van der Waals surface area contributed by atoms with Gasteiger partial charge < -0.3 is 15.4 Å². The van der Waals surface area contributed by atoms with E-state index in [2.05, 4.69) is 0 Å². The van der Waals surface area contributed by atoms with Gasteiger partial charge in [0.05, 0.1) is 6.10 Å². The van der Waals surface area contributed by atoms with Crippen molar-refractivity contribution in [2.24, 2.45) is 11.7 Å². The predicted octanol–water partition coefficient (Wildman–Crippen LogP) is 2.85. The number of benzene rings is 1. The minimum atomic E-state index is -0.587. The van der Waals surface area contributed by atoms with Crippen LogP contribution in [0.4, 0.5) is 8.78 Å². The Balaban J connectivity index is 0.00000225. The Bertz CT molecular complexity index is 594. The van der Waals surface area contributed by atoms with Crippen LogP contribution in [-0.2, 0) is 9.53 Å². The van der Waals surface area contributed by atoms with Gasteiger partial charge in [-0.2, -0.15) is 0 Å². The van der Waals surface area contributed by atoms with E-state index in [0.717, 1.165) is 25.3 Å². The number of nitrogens with zero attached hydrogens (tertiary/aromatic N) is 1. The molecule has 1 saturated carbocycles. The van der Waals surface area contributed by atoms with E-state index in [1.54, 1.807) is 0 Å². The van der Waals surface area contributed by atoms with Crippen molar-refractivity contribution in [3.8, 4) is 0 Å². The van der Waals surface area contributed by atoms with Crippen LogP contribution in [0.1, 0.15) is 37.2 Å². The van der Waals surface area contributed by atoms with Gasteiger partial charge in [-0.3, -0.25) is 4.79 Å². The van der Waals surface area contributed by atoms with Crippen molar-refractivity contribution in [2.75, 3.05) is 26.2 Å². The van der Waals surface area contributed by atoms with Gasteiger partial charge in [0.1, 0.15) is 11.6 Å². The maximum atomic E-state index is 13.8. The molecule has 2 unspecified atom stereocenters. The molecule has 25 heavy (non-hydrogen) atoms. The lowest BCUT2D eigenvalue weighted by molar-refractivity contribution is -0.135. The van der Waals surface area contributed by atoms with Gasteiger partial charge in [0.2, 0.25) is 5.91 Å². The quantitative estimate of drug-likeness (QED) is 0.779. The number of amides is 1. The molecule has 1 aliphatic carbocycles. The van der Waals surface area contributed by atoms with E-state index >= 15 is 0 Å².